The van der Waals surface area contributed by atoms with Gasteiger partial charge < -0.3 is 10.1 Å². The fourth-order valence-electron chi connectivity index (χ4n) is 1.75. The van der Waals surface area contributed by atoms with E-state index in [2.05, 4.69) is 29.1 Å². The molecule has 5 heteroatoms. The van der Waals surface area contributed by atoms with Gasteiger partial charge in [0.05, 0.1) is 0 Å². The average molecular weight is 292 g/mol. The maximum Gasteiger partial charge on any atom is 0.321 e. The van der Waals surface area contributed by atoms with Crippen molar-refractivity contribution in [3.05, 3.63) is 46.7 Å². The Morgan fingerprint density at radius 2 is 1.95 bits per heavy atom. The Labute approximate surface area is 124 Å². The van der Waals surface area contributed by atoms with Gasteiger partial charge in [0, 0.05) is 29.5 Å². The number of halogens is 1. The smallest absolute Gasteiger partial charge is 0.321 e. The van der Waals surface area contributed by atoms with Crippen LogP contribution < -0.4 is 10.1 Å². The summed E-state index contributed by atoms with van der Waals surface area (Å²) in [5.41, 5.74) is 2.08. The second kappa shape index (κ2) is 7.22. The SMILES string of the molecule is CCNCc1cnc(Oc2ccc(Cl)c(CC)c2)nc1. The maximum absolute atomic E-state index is 6.07. The Bertz CT molecular complexity index is 558. The number of nitrogens with one attached hydrogen (secondary N) is 1. The van der Waals surface area contributed by atoms with E-state index < -0.39 is 0 Å². The largest absolute Gasteiger partial charge is 0.424 e. The number of aromatic nitrogens is 2. The van der Waals surface area contributed by atoms with Crippen LogP contribution >= 0.6 is 11.6 Å². The molecule has 1 N–H and O–H groups in total. The van der Waals surface area contributed by atoms with E-state index >= 15 is 0 Å². The Hall–Kier alpha value is -1.65. The van der Waals surface area contributed by atoms with Crippen LogP contribution in [0.1, 0.15) is 25.0 Å². The zero-order chi connectivity index (χ0) is 14.4. The highest BCUT2D eigenvalue weighted by atomic mass is 35.5. The molecular weight excluding hydrogens is 274 g/mol. The molecule has 0 aliphatic heterocycles. The minimum Gasteiger partial charge on any atom is -0.424 e. The molecule has 0 saturated heterocycles. The molecule has 0 bridgehead atoms. The number of hydrogen-bond donors (Lipinski definition) is 1. The second-order valence-corrected chi connectivity index (χ2v) is 4.77. The van der Waals surface area contributed by atoms with Crippen molar-refractivity contribution in [1.82, 2.24) is 15.3 Å². The van der Waals surface area contributed by atoms with Gasteiger partial charge in [0.1, 0.15) is 5.75 Å². The van der Waals surface area contributed by atoms with Crippen LogP contribution in [0.2, 0.25) is 5.02 Å². The molecule has 106 valence electrons. The minimum atomic E-state index is 0.342. The van der Waals surface area contributed by atoms with Gasteiger partial charge in [-0.3, -0.25) is 0 Å². The van der Waals surface area contributed by atoms with Gasteiger partial charge >= 0.3 is 6.01 Å². The zero-order valence-corrected chi connectivity index (χ0v) is 12.4. The minimum absolute atomic E-state index is 0.342. The third kappa shape index (κ3) is 3.92. The lowest BCUT2D eigenvalue weighted by atomic mass is 10.1. The molecule has 1 heterocycles. The van der Waals surface area contributed by atoms with Gasteiger partial charge in [-0.05, 0) is 36.7 Å². The van der Waals surface area contributed by atoms with Crippen molar-refractivity contribution in [2.45, 2.75) is 26.8 Å². The van der Waals surface area contributed by atoms with E-state index in [1.54, 1.807) is 12.4 Å². The predicted octanol–water partition coefficient (Wildman–Crippen LogP) is 3.59. The molecule has 0 aliphatic rings. The summed E-state index contributed by atoms with van der Waals surface area (Å²) in [6, 6.07) is 5.90. The highest BCUT2D eigenvalue weighted by Crippen LogP contribution is 2.25. The molecule has 4 nitrogen and oxygen atoms in total. The van der Waals surface area contributed by atoms with Crippen LogP contribution in [0.4, 0.5) is 0 Å². The fraction of sp³-hybridized carbons (Fsp3) is 0.333. The van der Waals surface area contributed by atoms with E-state index in [9.17, 15) is 0 Å². The molecule has 0 atom stereocenters. The first-order chi connectivity index (χ1) is 9.72. The van der Waals surface area contributed by atoms with Crippen LogP contribution in [0.3, 0.4) is 0 Å². The quantitative estimate of drug-likeness (QED) is 0.883. The molecule has 20 heavy (non-hydrogen) atoms. The van der Waals surface area contributed by atoms with Gasteiger partial charge in [-0.25, -0.2) is 9.97 Å². The van der Waals surface area contributed by atoms with Crippen LogP contribution in [-0.4, -0.2) is 16.5 Å². The number of hydrogen-bond acceptors (Lipinski definition) is 4. The molecule has 0 unspecified atom stereocenters. The Morgan fingerprint density at radius 1 is 1.20 bits per heavy atom. The van der Waals surface area contributed by atoms with Gasteiger partial charge in [-0.2, -0.15) is 0 Å². The van der Waals surface area contributed by atoms with Gasteiger partial charge in [0.15, 0.2) is 0 Å². The summed E-state index contributed by atoms with van der Waals surface area (Å²) in [5, 5.41) is 3.97. The monoisotopic (exact) mass is 291 g/mol. The van der Waals surface area contributed by atoms with Crippen molar-refractivity contribution >= 4 is 11.6 Å². The van der Waals surface area contributed by atoms with Crippen LogP contribution in [0.25, 0.3) is 0 Å². The lowest BCUT2D eigenvalue weighted by molar-refractivity contribution is 0.440. The molecular formula is C15H18ClN3O. The van der Waals surface area contributed by atoms with Crippen molar-refractivity contribution in [2.24, 2.45) is 0 Å². The standard InChI is InChI=1S/C15H18ClN3O/c1-3-12-7-13(5-6-14(12)16)20-15-18-9-11(10-19-15)8-17-4-2/h5-7,9-10,17H,3-4,8H2,1-2H3. The van der Waals surface area contributed by atoms with Crippen LogP contribution in [0, 0.1) is 0 Å². The molecule has 0 spiro atoms. The van der Waals surface area contributed by atoms with E-state index in [-0.39, 0.29) is 0 Å². The first kappa shape index (κ1) is 14.8. The van der Waals surface area contributed by atoms with E-state index in [4.69, 9.17) is 16.3 Å². The summed E-state index contributed by atoms with van der Waals surface area (Å²) in [5.74, 6) is 0.700. The fourth-order valence-corrected chi connectivity index (χ4v) is 2.00. The highest BCUT2D eigenvalue weighted by molar-refractivity contribution is 6.31. The van der Waals surface area contributed by atoms with E-state index in [0.717, 1.165) is 35.7 Å². The van der Waals surface area contributed by atoms with Gasteiger partial charge in [0.25, 0.3) is 0 Å². The predicted molar refractivity (Wildman–Crippen MR) is 80.3 cm³/mol. The summed E-state index contributed by atoms with van der Waals surface area (Å²) in [7, 11) is 0. The van der Waals surface area contributed by atoms with Crippen molar-refractivity contribution in [1.29, 1.82) is 0 Å². The molecule has 0 fully saturated rings. The first-order valence-electron chi connectivity index (χ1n) is 6.70. The molecule has 0 aliphatic carbocycles. The molecule has 1 aromatic heterocycles. The van der Waals surface area contributed by atoms with Crippen molar-refractivity contribution < 1.29 is 4.74 Å². The molecule has 0 saturated carbocycles. The Balaban J connectivity index is 2.06. The van der Waals surface area contributed by atoms with Crippen molar-refractivity contribution in [3.63, 3.8) is 0 Å². The summed E-state index contributed by atoms with van der Waals surface area (Å²) >= 11 is 6.07. The van der Waals surface area contributed by atoms with Crippen LogP contribution in [-0.2, 0) is 13.0 Å². The average Bonchev–Trinajstić information content (AvgIpc) is 2.48. The third-order valence-electron chi connectivity index (χ3n) is 2.87. The summed E-state index contributed by atoms with van der Waals surface area (Å²) in [4.78, 5) is 8.40. The molecule has 1 aromatic carbocycles. The number of aryl methyl sites for hydroxylation is 1. The van der Waals surface area contributed by atoms with E-state index in [0.29, 0.717) is 11.8 Å². The molecule has 0 amide bonds. The molecule has 2 rings (SSSR count). The lowest BCUT2D eigenvalue weighted by Gasteiger charge is -2.07. The third-order valence-corrected chi connectivity index (χ3v) is 3.24. The lowest BCUT2D eigenvalue weighted by Crippen LogP contribution is -2.12. The number of ether oxygens (including phenoxy) is 1. The number of nitrogens with zero attached hydrogens (tertiary/aromatic N) is 2. The van der Waals surface area contributed by atoms with Crippen molar-refractivity contribution in [2.75, 3.05) is 6.54 Å². The van der Waals surface area contributed by atoms with Crippen molar-refractivity contribution in [3.8, 4) is 11.8 Å². The van der Waals surface area contributed by atoms with Crippen LogP contribution in [0.5, 0.6) is 11.8 Å². The van der Waals surface area contributed by atoms with E-state index in [1.165, 1.54) is 0 Å². The van der Waals surface area contributed by atoms with E-state index in [1.807, 2.05) is 18.2 Å². The Kier molecular flexibility index (Phi) is 5.32. The summed E-state index contributed by atoms with van der Waals surface area (Å²) < 4.78 is 5.63. The first-order valence-corrected chi connectivity index (χ1v) is 7.08. The Morgan fingerprint density at radius 3 is 2.60 bits per heavy atom. The van der Waals surface area contributed by atoms with Crippen LogP contribution in [0.15, 0.2) is 30.6 Å². The molecule has 2 aromatic rings. The summed E-state index contributed by atoms with van der Waals surface area (Å²) in [6.45, 7) is 5.79. The maximum atomic E-state index is 6.07. The molecule has 0 radical (unpaired) electrons. The van der Waals surface area contributed by atoms with Gasteiger partial charge in [-0.1, -0.05) is 25.4 Å². The van der Waals surface area contributed by atoms with Gasteiger partial charge in [0.2, 0.25) is 0 Å². The second-order valence-electron chi connectivity index (χ2n) is 4.36. The summed E-state index contributed by atoms with van der Waals surface area (Å²) in [6.07, 6.45) is 4.39. The number of benzene rings is 1. The topological polar surface area (TPSA) is 47.0 Å². The highest BCUT2D eigenvalue weighted by Gasteiger charge is 2.04. The normalized spacial score (nSPS) is 10.6. The zero-order valence-electron chi connectivity index (χ0n) is 11.7. The van der Waals surface area contributed by atoms with Gasteiger partial charge in [-0.15, -0.1) is 0 Å². The number of rotatable bonds is 6.